The molecule has 0 bridgehead atoms. The Morgan fingerprint density at radius 3 is 1.17 bits per heavy atom. The van der Waals surface area contributed by atoms with Gasteiger partial charge in [-0.05, 0) is 110 Å². The topological polar surface area (TPSA) is 52.7 Å². The average molecular weight is 544 g/mol. The molecular formula is C36H37N3O2. The fourth-order valence-electron chi connectivity index (χ4n) is 5.82. The Balaban J connectivity index is 0.996. The van der Waals surface area contributed by atoms with Crippen LogP contribution in [0.25, 0.3) is 0 Å². The van der Waals surface area contributed by atoms with Gasteiger partial charge in [-0.3, -0.25) is 9.59 Å². The average Bonchev–Trinajstić information content (AvgIpc) is 3.75. The zero-order valence-corrected chi connectivity index (χ0v) is 23.5. The Bertz CT molecular complexity index is 1350. The third-order valence-electron chi connectivity index (χ3n) is 8.25. The first kappa shape index (κ1) is 26.8. The minimum atomic E-state index is 0.131. The van der Waals surface area contributed by atoms with Crippen LogP contribution in [0.3, 0.4) is 0 Å². The fourth-order valence-corrected chi connectivity index (χ4v) is 5.82. The summed E-state index contributed by atoms with van der Waals surface area (Å²) < 4.78 is 0. The Hall–Kier alpha value is -4.38. The van der Waals surface area contributed by atoms with E-state index in [0.717, 1.165) is 59.8 Å². The van der Waals surface area contributed by atoms with E-state index in [1.54, 1.807) is 0 Å². The SMILES string of the molecule is O=C(Cc1ccc(Nc2ccc(CC(=O)c3ccc(N4CCCC4)cc3)cc2)cc1)c1ccc(N2CCCC2)cc1. The number of benzene rings is 4. The van der Waals surface area contributed by atoms with Crippen molar-refractivity contribution in [1.29, 1.82) is 0 Å². The van der Waals surface area contributed by atoms with Gasteiger partial charge in [0, 0.05) is 72.9 Å². The minimum Gasteiger partial charge on any atom is -0.372 e. The summed E-state index contributed by atoms with van der Waals surface area (Å²) in [6, 6.07) is 32.1. The third-order valence-corrected chi connectivity index (χ3v) is 8.25. The molecule has 2 aliphatic heterocycles. The van der Waals surface area contributed by atoms with Crippen LogP contribution in [0.5, 0.6) is 0 Å². The minimum absolute atomic E-state index is 0.131. The Morgan fingerprint density at radius 1 is 0.488 bits per heavy atom. The molecule has 2 fully saturated rings. The van der Waals surface area contributed by atoms with Gasteiger partial charge in [-0.2, -0.15) is 0 Å². The number of nitrogens with zero attached hydrogens (tertiary/aromatic N) is 2. The van der Waals surface area contributed by atoms with Crippen molar-refractivity contribution in [3.8, 4) is 0 Å². The van der Waals surface area contributed by atoms with Crippen molar-refractivity contribution in [2.75, 3.05) is 41.3 Å². The van der Waals surface area contributed by atoms with Crippen molar-refractivity contribution in [3.63, 3.8) is 0 Å². The van der Waals surface area contributed by atoms with Gasteiger partial charge in [0.2, 0.25) is 0 Å². The summed E-state index contributed by atoms with van der Waals surface area (Å²) in [6.45, 7) is 4.41. The fraction of sp³-hybridized carbons (Fsp3) is 0.278. The second kappa shape index (κ2) is 12.4. The monoisotopic (exact) mass is 543 g/mol. The van der Waals surface area contributed by atoms with E-state index in [9.17, 15) is 9.59 Å². The van der Waals surface area contributed by atoms with Crippen LogP contribution in [0.2, 0.25) is 0 Å². The van der Waals surface area contributed by atoms with Gasteiger partial charge in [0.05, 0.1) is 0 Å². The van der Waals surface area contributed by atoms with Gasteiger partial charge in [0.25, 0.3) is 0 Å². The van der Waals surface area contributed by atoms with Crippen LogP contribution in [-0.4, -0.2) is 37.7 Å². The van der Waals surface area contributed by atoms with Crippen molar-refractivity contribution in [3.05, 3.63) is 119 Å². The highest BCUT2D eigenvalue weighted by Gasteiger charge is 2.15. The molecule has 5 heteroatoms. The first-order chi connectivity index (χ1) is 20.1. The molecule has 0 atom stereocenters. The van der Waals surface area contributed by atoms with Crippen molar-refractivity contribution >= 4 is 34.3 Å². The number of carbonyl (C=O) groups is 2. The van der Waals surface area contributed by atoms with E-state index < -0.39 is 0 Å². The normalized spacial score (nSPS) is 14.8. The van der Waals surface area contributed by atoms with Crippen LogP contribution >= 0.6 is 0 Å². The Kier molecular flexibility index (Phi) is 8.13. The molecule has 0 spiro atoms. The number of hydrogen-bond donors (Lipinski definition) is 1. The van der Waals surface area contributed by atoms with Crippen molar-refractivity contribution in [1.82, 2.24) is 0 Å². The molecule has 41 heavy (non-hydrogen) atoms. The quantitative estimate of drug-likeness (QED) is 0.210. The largest absolute Gasteiger partial charge is 0.372 e. The lowest BCUT2D eigenvalue weighted by atomic mass is 10.0. The highest BCUT2D eigenvalue weighted by atomic mass is 16.1. The van der Waals surface area contributed by atoms with Gasteiger partial charge >= 0.3 is 0 Å². The highest BCUT2D eigenvalue weighted by Crippen LogP contribution is 2.24. The first-order valence-electron chi connectivity index (χ1n) is 14.8. The predicted octanol–water partition coefficient (Wildman–Crippen LogP) is 7.48. The Morgan fingerprint density at radius 2 is 0.829 bits per heavy atom. The van der Waals surface area contributed by atoms with Crippen molar-refractivity contribution < 1.29 is 9.59 Å². The van der Waals surface area contributed by atoms with E-state index in [1.807, 2.05) is 72.8 Å². The van der Waals surface area contributed by atoms with Gasteiger partial charge in [-0.1, -0.05) is 24.3 Å². The summed E-state index contributed by atoms with van der Waals surface area (Å²) in [5.74, 6) is 0.262. The molecule has 0 aromatic heterocycles. The lowest BCUT2D eigenvalue weighted by Crippen LogP contribution is -2.17. The van der Waals surface area contributed by atoms with E-state index >= 15 is 0 Å². The molecule has 2 heterocycles. The molecule has 4 aromatic carbocycles. The number of rotatable bonds is 10. The molecular weight excluding hydrogens is 506 g/mol. The van der Waals surface area contributed by atoms with Crippen LogP contribution in [0.4, 0.5) is 22.7 Å². The maximum absolute atomic E-state index is 12.8. The van der Waals surface area contributed by atoms with Gasteiger partial charge in [0.1, 0.15) is 0 Å². The van der Waals surface area contributed by atoms with Crippen LogP contribution in [0.1, 0.15) is 57.5 Å². The van der Waals surface area contributed by atoms with Crippen LogP contribution in [0, 0.1) is 0 Å². The molecule has 0 aliphatic carbocycles. The first-order valence-corrected chi connectivity index (χ1v) is 14.8. The molecule has 0 unspecified atom stereocenters. The highest BCUT2D eigenvalue weighted by molar-refractivity contribution is 5.98. The summed E-state index contributed by atoms with van der Waals surface area (Å²) in [4.78, 5) is 30.4. The third kappa shape index (κ3) is 6.68. The number of ketones is 2. The molecule has 0 amide bonds. The summed E-state index contributed by atoms with van der Waals surface area (Å²) in [6.07, 6.45) is 5.73. The molecule has 5 nitrogen and oxygen atoms in total. The smallest absolute Gasteiger partial charge is 0.167 e. The van der Waals surface area contributed by atoms with Gasteiger partial charge in [0.15, 0.2) is 11.6 Å². The molecule has 2 saturated heterocycles. The van der Waals surface area contributed by atoms with Gasteiger partial charge < -0.3 is 15.1 Å². The lowest BCUT2D eigenvalue weighted by molar-refractivity contribution is 0.0985. The van der Waals surface area contributed by atoms with E-state index in [2.05, 4.69) is 39.4 Å². The van der Waals surface area contributed by atoms with Crippen LogP contribution < -0.4 is 15.1 Å². The maximum Gasteiger partial charge on any atom is 0.167 e. The maximum atomic E-state index is 12.8. The van der Waals surface area contributed by atoms with E-state index in [1.165, 1.54) is 37.1 Å². The predicted molar refractivity (Wildman–Crippen MR) is 168 cm³/mol. The Labute approximate surface area is 242 Å². The van der Waals surface area contributed by atoms with Crippen molar-refractivity contribution in [2.24, 2.45) is 0 Å². The molecule has 208 valence electrons. The van der Waals surface area contributed by atoms with Gasteiger partial charge in [-0.25, -0.2) is 0 Å². The number of carbonyl (C=O) groups excluding carboxylic acids is 2. The summed E-state index contributed by atoms with van der Waals surface area (Å²) >= 11 is 0. The standard InChI is InChI=1S/C36H37N3O2/c40-35(29-9-17-33(18-10-29)38-21-1-2-22-38)25-27-5-13-31(14-6-27)37-32-15-7-28(8-16-32)26-36(41)30-11-19-34(20-12-30)39-23-3-4-24-39/h5-20,37H,1-4,21-26H2. The lowest BCUT2D eigenvalue weighted by Gasteiger charge is -2.17. The number of hydrogen-bond acceptors (Lipinski definition) is 5. The zero-order valence-electron chi connectivity index (χ0n) is 23.5. The van der Waals surface area contributed by atoms with Crippen LogP contribution in [-0.2, 0) is 12.8 Å². The molecule has 0 radical (unpaired) electrons. The molecule has 1 N–H and O–H groups in total. The van der Waals surface area contributed by atoms with E-state index in [4.69, 9.17) is 0 Å². The number of Topliss-reactive ketones (excluding diaryl/α,β-unsaturated/α-hetero) is 2. The molecule has 2 aliphatic rings. The number of nitrogens with one attached hydrogen (secondary N) is 1. The van der Waals surface area contributed by atoms with E-state index in [-0.39, 0.29) is 11.6 Å². The summed E-state index contributed by atoms with van der Waals surface area (Å²) in [7, 11) is 0. The molecule has 0 saturated carbocycles. The molecule has 4 aromatic rings. The van der Waals surface area contributed by atoms with E-state index in [0.29, 0.717) is 12.8 Å². The van der Waals surface area contributed by atoms with Crippen molar-refractivity contribution in [2.45, 2.75) is 38.5 Å². The summed E-state index contributed by atoms with van der Waals surface area (Å²) in [5.41, 5.74) is 7.82. The number of anilines is 4. The molecule has 6 rings (SSSR count). The second-order valence-electron chi connectivity index (χ2n) is 11.2. The van der Waals surface area contributed by atoms with Crippen LogP contribution in [0.15, 0.2) is 97.1 Å². The second-order valence-corrected chi connectivity index (χ2v) is 11.2. The zero-order chi connectivity index (χ0) is 28.0. The summed E-state index contributed by atoms with van der Waals surface area (Å²) in [5, 5.41) is 3.42. The van der Waals surface area contributed by atoms with Gasteiger partial charge in [-0.15, -0.1) is 0 Å².